The van der Waals surface area contributed by atoms with Crippen LogP contribution in [0, 0.1) is 0 Å². The van der Waals surface area contributed by atoms with Crippen LogP contribution in [0.4, 0.5) is 0 Å². The fraction of sp³-hybridized carbons (Fsp3) is 0.600. The van der Waals surface area contributed by atoms with Crippen molar-refractivity contribution in [3.05, 3.63) is 30.3 Å². The highest BCUT2D eigenvalue weighted by molar-refractivity contribution is 7.86. The minimum Gasteiger partial charge on any atom is -0.266 e. The lowest BCUT2D eigenvalue weighted by Crippen LogP contribution is -2.07. The van der Waals surface area contributed by atoms with Crippen LogP contribution in [-0.4, -0.2) is 38.1 Å². The molecule has 0 atom stereocenters. The van der Waals surface area contributed by atoms with Gasteiger partial charge in [0.05, 0.1) is 11.5 Å². The molecule has 3 nitrogen and oxygen atoms in total. The molecule has 2 radical (unpaired) electrons. The average molecular weight is 309 g/mol. The van der Waals surface area contributed by atoms with E-state index in [1.54, 1.807) is 30.3 Å². The Kier molecular flexibility index (Phi) is 11.5. The summed E-state index contributed by atoms with van der Waals surface area (Å²) in [7, 11) is -3.56. The van der Waals surface area contributed by atoms with Crippen molar-refractivity contribution in [1.29, 1.82) is 0 Å². The van der Waals surface area contributed by atoms with Gasteiger partial charge in [0.1, 0.15) is 0 Å². The number of benzene rings is 1. The Hall–Kier alpha value is -0.104. The monoisotopic (exact) mass is 308 g/mol. The van der Waals surface area contributed by atoms with Gasteiger partial charge in [-0.1, -0.05) is 63.6 Å². The van der Waals surface area contributed by atoms with E-state index in [4.69, 9.17) is 4.18 Å². The van der Waals surface area contributed by atoms with Crippen LogP contribution in [0.25, 0.3) is 0 Å². The van der Waals surface area contributed by atoms with Crippen molar-refractivity contribution in [2.45, 2.75) is 56.8 Å². The fourth-order valence-electron chi connectivity index (χ4n) is 1.88. The summed E-state index contributed by atoms with van der Waals surface area (Å²) in [6, 6.07) is 8.30. The molecule has 0 heterocycles. The van der Waals surface area contributed by atoms with Gasteiger partial charge in [0.15, 0.2) is 0 Å². The van der Waals surface area contributed by atoms with Gasteiger partial charge in [-0.3, -0.25) is 4.18 Å². The van der Waals surface area contributed by atoms with Crippen LogP contribution < -0.4 is 0 Å². The van der Waals surface area contributed by atoms with Crippen LogP contribution in [-0.2, 0) is 14.3 Å². The van der Waals surface area contributed by atoms with E-state index in [1.165, 1.54) is 25.7 Å². The first-order valence-corrected chi connectivity index (χ1v) is 8.52. The second kappa shape index (κ2) is 11.5. The highest BCUT2D eigenvalue weighted by Gasteiger charge is 2.13. The molecular weight excluding hydrogens is 285 g/mol. The van der Waals surface area contributed by atoms with Crippen LogP contribution in [0.1, 0.15) is 51.9 Å². The van der Waals surface area contributed by atoms with Crippen molar-refractivity contribution in [2.75, 3.05) is 6.61 Å². The summed E-state index contributed by atoms with van der Waals surface area (Å²) in [5.41, 5.74) is 0. The van der Waals surface area contributed by atoms with Crippen molar-refractivity contribution >= 4 is 33.2 Å². The van der Waals surface area contributed by atoms with Crippen LogP contribution in [0.3, 0.4) is 0 Å². The lowest BCUT2D eigenvalue weighted by molar-refractivity contribution is 0.306. The Balaban J connectivity index is 0.00000361. The van der Waals surface area contributed by atoms with Crippen LogP contribution in [0.5, 0.6) is 0 Å². The standard InChI is InChI=1S/C15H24O3S.Mg/c1-2-3-4-5-6-7-11-14-18-19(16,17)15-12-9-8-10-13-15;/h8-10,12-13H,2-7,11,14H2,1H3;. The van der Waals surface area contributed by atoms with E-state index in [-0.39, 0.29) is 34.6 Å². The van der Waals surface area contributed by atoms with E-state index in [2.05, 4.69) is 6.92 Å². The molecule has 0 saturated heterocycles. The van der Waals surface area contributed by atoms with Crippen molar-refractivity contribution in [1.82, 2.24) is 0 Å². The second-order valence-corrected chi connectivity index (χ2v) is 6.33. The van der Waals surface area contributed by atoms with E-state index >= 15 is 0 Å². The summed E-state index contributed by atoms with van der Waals surface area (Å²) in [6.07, 6.45) is 8.05. The van der Waals surface area contributed by atoms with Gasteiger partial charge in [-0.15, -0.1) is 0 Å². The number of rotatable bonds is 10. The zero-order valence-corrected chi connectivity index (χ0v) is 14.6. The first kappa shape index (κ1) is 19.9. The summed E-state index contributed by atoms with van der Waals surface area (Å²) in [6.45, 7) is 2.48. The number of hydrogen-bond acceptors (Lipinski definition) is 3. The molecule has 1 aromatic carbocycles. The minimum absolute atomic E-state index is 0. The van der Waals surface area contributed by atoms with Gasteiger partial charge in [0.25, 0.3) is 10.1 Å². The molecule has 0 aliphatic rings. The first-order valence-electron chi connectivity index (χ1n) is 7.11. The van der Waals surface area contributed by atoms with Gasteiger partial charge in [-0.2, -0.15) is 8.42 Å². The third-order valence-corrected chi connectivity index (χ3v) is 4.34. The molecule has 0 saturated carbocycles. The molecule has 1 aromatic rings. The molecule has 0 bridgehead atoms. The summed E-state index contributed by atoms with van der Waals surface area (Å²) in [4.78, 5) is 0.234. The van der Waals surface area contributed by atoms with Gasteiger partial charge >= 0.3 is 0 Å². The second-order valence-electron chi connectivity index (χ2n) is 4.71. The maximum absolute atomic E-state index is 11.8. The molecule has 0 aliphatic heterocycles. The Morgan fingerprint density at radius 2 is 1.45 bits per heavy atom. The largest absolute Gasteiger partial charge is 0.296 e. The van der Waals surface area contributed by atoms with E-state index < -0.39 is 10.1 Å². The van der Waals surface area contributed by atoms with Gasteiger partial charge in [0.2, 0.25) is 0 Å². The molecule has 20 heavy (non-hydrogen) atoms. The Labute approximate surface area is 139 Å². The predicted octanol–water partition coefficient (Wildman–Crippen LogP) is 3.76. The Morgan fingerprint density at radius 3 is 2.05 bits per heavy atom. The van der Waals surface area contributed by atoms with E-state index in [0.29, 0.717) is 0 Å². The molecule has 0 fully saturated rings. The van der Waals surface area contributed by atoms with Crippen LogP contribution in [0.15, 0.2) is 35.2 Å². The van der Waals surface area contributed by atoms with Gasteiger partial charge in [-0.05, 0) is 18.6 Å². The summed E-state index contributed by atoms with van der Waals surface area (Å²) >= 11 is 0. The topological polar surface area (TPSA) is 43.4 Å². The molecule has 1 rings (SSSR count). The van der Waals surface area contributed by atoms with Crippen molar-refractivity contribution in [3.8, 4) is 0 Å². The van der Waals surface area contributed by atoms with E-state index in [1.807, 2.05) is 0 Å². The normalized spacial score (nSPS) is 11.1. The summed E-state index contributed by atoms with van der Waals surface area (Å²) in [5, 5.41) is 0. The molecule has 0 unspecified atom stereocenters. The quantitative estimate of drug-likeness (QED) is 0.375. The third kappa shape index (κ3) is 8.24. The summed E-state index contributed by atoms with van der Waals surface area (Å²) < 4.78 is 28.6. The smallest absolute Gasteiger partial charge is 0.266 e. The molecule has 0 aromatic heterocycles. The van der Waals surface area contributed by atoms with E-state index in [0.717, 1.165) is 19.3 Å². The average Bonchev–Trinajstić information content (AvgIpc) is 2.43. The molecule has 0 N–H and O–H groups in total. The Bertz CT molecular complexity index is 432. The molecule has 5 heteroatoms. The van der Waals surface area contributed by atoms with Crippen LogP contribution in [0.2, 0.25) is 0 Å². The fourth-order valence-corrected chi connectivity index (χ4v) is 2.85. The van der Waals surface area contributed by atoms with Gasteiger partial charge in [-0.25, -0.2) is 0 Å². The van der Waals surface area contributed by atoms with Crippen molar-refractivity contribution in [2.24, 2.45) is 0 Å². The van der Waals surface area contributed by atoms with Crippen molar-refractivity contribution in [3.63, 3.8) is 0 Å². The number of hydrogen-bond donors (Lipinski definition) is 0. The SMILES string of the molecule is CCCCCCCCCOS(=O)(=O)c1ccccc1.[Mg]. The van der Waals surface area contributed by atoms with Crippen molar-refractivity contribution < 1.29 is 12.6 Å². The van der Waals surface area contributed by atoms with Gasteiger partial charge < -0.3 is 0 Å². The highest BCUT2D eigenvalue weighted by Crippen LogP contribution is 2.13. The Morgan fingerprint density at radius 1 is 0.900 bits per heavy atom. The first-order chi connectivity index (χ1) is 9.17. The zero-order valence-electron chi connectivity index (χ0n) is 12.4. The minimum atomic E-state index is -3.56. The molecular formula is C15H24MgO3S. The third-order valence-electron chi connectivity index (χ3n) is 3.02. The molecule has 0 amide bonds. The summed E-state index contributed by atoms with van der Waals surface area (Å²) in [5.74, 6) is 0. The maximum atomic E-state index is 11.8. The predicted molar refractivity (Wildman–Crippen MR) is 83.3 cm³/mol. The zero-order chi connectivity index (χ0) is 14.0. The maximum Gasteiger partial charge on any atom is 0.296 e. The highest BCUT2D eigenvalue weighted by atomic mass is 32.2. The van der Waals surface area contributed by atoms with Crippen LogP contribution >= 0.6 is 0 Å². The lowest BCUT2D eigenvalue weighted by Gasteiger charge is -2.05. The number of unbranched alkanes of at least 4 members (excludes halogenated alkanes) is 6. The van der Waals surface area contributed by atoms with E-state index in [9.17, 15) is 8.42 Å². The molecule has 110 valence electrons. The lowest BCUT2D eigenvalue weighted by atomic mass is 10.1. The molecule has 0 spiro atoms. The molecule has 0 aliphatic carbocycles. The van der Waals surface area contributed by atoms with Gasteiger partial charge in [0, 0.05) is 23.1 Å².